The van der Waals surface area contributed by atoms with E-state index in [1.165, 1.54) is 30.1 Å². The molecule has 0 bridgehead atoms. The molecule has 5 heterocycles. The fraction of sp³-hybridized carbons (Fsp3) is 0.261. The van der Waals surface area contributed by atoms with Gasteiger partial charge in [0.1, 0.15) is 23.0 Å². The minimum atomic E-state index is -0.443. The molecule has 1 aliphatic heterocycles. The second kappa shape index (κ2) is 9.02. The van der Waals surface area contributed by atoms with Crippen LogP contribution in [0.2, 0.25) is 0 Å². The molecule has 1 saturated heterocycles. The number of hydrogen-bond acceptors (Lipinski definition) is 8. The lowest BCUT2D eigenvalue weighted by Crippen LogP contribution is -2.24. The lowest BCUT2D eigenvalue weighted by molar-refractivity contribution is 0.102. The SMILES string of the molecule is COc1ncc(F)cc1C1CCCN1c1ccn2ncc(C(=O)Nc3ncccc3CO)c2n1. The molecule has 11 heteroatoms. The van der Waals surface area contributed by atoms with Crippen LogP contribution in [0.3, 0.4) is 0 Å². The van der Waals surface area contributed by atoms with Crippen molar-refractivity contribution in [1.29, 1.82) is 0 Å². The maximum Gasteiger partial charge on any atom is 0.262 e. The Labute approximate surface area is 194 Å². The predicted molar refractivity (Wildman–Crippen MR) is 121 cm³/mol. The zero-order chi connectivity index (χ0) is 23.7. The number of carbonyl (C=O) groups excluding carboxylic acids is 1. The van der Waals surface area contributed by atoms with Crippen LogP contribution in [0.1, 0.15) is 40.4 Å². The van der Waals surface area contributed by atoms with Crippen LogP contribution >= 0.6 is 0 Å². The van der Waals surface area contributed by atoms with Gasteiger partial charge in [0.05, 0.1) is 32.2 Å². The van der Waals surface area contributed by atoms with Crippen molar-refractivity contribution in [2.75, 3.05) is 23.9 Å². The molecule has 1 amide bonds. The summed E-state index contributed by atoms with van der Waals surface area (Å²) in [6.07, 6.45) is 7.49. The third kappa shape index (κ3) is 3.90. The van der Waals surface area contributed by atoms with Crippen molar-refractivity contribution in [2.24, 2.45) is 0 Å². The summed E-state index contributed by atoms with van der Waals surface area (Å²) >= 11 is 0. The minimum Gasteiger partial charge on any atom is -0.481 e. The summed E-state index contributed by atoms with van der Waals surface area (Å²) in [4.78, 5) is 28.0. The van der Waals surface area contributed by atoms with Crippen LogP contribution in [-0.4, -0.2) is 49.2 Å². The van der Waals surface area contributed by atoms with Gasteiger partial charge in [0, 0.05) is 30.1 Å². The summed E-state index contributed by atoms with van der Waals surface area (Å²) in [5, 5.41) is 16.5. The van der Waals surface area contributed by atoms with Crippen molar-refractivity contribution in [1.82, 2.24) is 24.6 Å². The van der Waals surface area contributed by atoms with Gasteiger partial charge in [-0.05, 0) is 31.0 Å². The number of aliphatic hydroxyl groups is 1. The molecule has 34 heavy (non-hydrogen) atoms. The molecule has 4 aromatic rings. The molecule has 0 spiro atoms. The molecule has 2 N–H and O–H groups in total. The zero-order valence-electron chi connectivity index (χ0n) is 18.3. The zero-order valence-corrected chi connectivity index (χ0v) is 18.3. The van der Waals surface area contributed by atoms with Crippen molar-refractivity contribution in [3.05, 3.63) is 71.6 Å². The van der Waals surface area contributed by atoms with Gasteiger partial charge in [-0.2, -0.15) is 5.10 Å². The minimum absolute atomic E-state index is 0.172. The molecule has 1 aliphatic rings. The summed E-state index contributed by atoms with van der Waals surface area (Å²) in [6.45, 7) is 0.451. The Hall–Kier alpha value is -4.12. The highest BCUT2D eigenvalue weighted by Crippen LogP contribution is 2.38. The van der Waals surface area contributed by atoms with Gasteiger partial charge in [-0.15, -0.1) is 0 Å². The van der Waals surface area contributed by atoms with E-state index in [9.17, 15) is 14.3 Å². The van der Waals surface area contributed by atoms with E-state index < -0.39 is 11.7 Å². The van der Waals surface area contributed by atoms with Crippen LogP contribution in [0.4, 0.5) is 16.0 Å². The summed E-state index contributed by atoms with van der Waals surface area (Å²) in [7, 11) is 1.51. The third-order valence-electron chi connectivity index (χ3n) is 5.84. The van der Waals surface area contributed by atoms with Gasteiger partial charge in [-0.1, -0.05) is 6.07 Å². The maximum atomic E-state index is 14.0. The van der Waals surface area contributed by atoms with E-state index in [-0.39, 0.29) is 24.0 Å². The first-order chi connectivity index (χ1) is 16.6. The van der Waals surface area contributed by atoms with Crippen LogP contribution in [0.25, 0.3) is 5.65 Å². The highest BCUT2D eigenvalue weighted by Gasteiger charge is 2.31. The number of aromatic nitrogens is 5. The molecule has 0 aliphatic carbocycles. The molecule has 0 aromatic carbocycles. The molecule has 10 nitrogen and oxygen atoms in total. The molecule has 0 radical (unpaired) electrons. The topological polar surface area (TPSA) is 118 Å². The Morgan fingerprint density at radius 1 is 1.32 bits per heavy atom. The number of nitrogens with one attached hydrogen (secondary N) is 1. The molecule has 0 saturated carbocycles. The number of nitrogens with zero attached hydrogens (tertiary/aromatic N) is 6. The Morgan fingerprint density at radius 3 is 3.03 bits per heavy atom. The molecule has 1 fully saturated rings. The summed E-state index contributed by atoms with van der Waals surface area (Å²) < 4.78 is 20.9. The van der Waals surface area contributed by atoms with E-state index in [4.69, 9.17) is 9.72 Å². The Balaban J connectivity index is 1.48. The van der Waals surface area contributed by atoms with Crippen molar-refractivity contribution in [3.8, 4) is 5.88 Å². The standard InChI is InChI=1S/C23H22FN7O3/c1-34-23-16(10-15(24)11-26-23)18-5-3-8-30(18)19-6-9-31-21(28-19)17(12-27-31)22(33)29-20-14(13-32)4-2-7-25-20/h2,4,6-7,9-12,18,32H,3,5,8,13H2,1H3,(H,25,29,33). The van der Waals surface area contributed by atoms with Crippen molar-refractivity contribution >= 4 is 23.2 Å². The van der Waals surface area contributed by atoms with Crippen LogP contribution in [0.15, 0.2) is 49.1 Å². The summed E-state index contributed by atoms with van der Waals surface area (Å²) in [5.41, 5.74) is 1.78. The van der Waals surface area contributed by atoms with Gasteiger partial charge in [0.15, 0.2) is 5.65 Å². The number of hydrogen-bond donors (Lipinski definition) is 2. The van der Waals surface area contributed by atoms with Crippen molar-refractivity contribution < 1.29 is 19.0 Å². The number of aliphatic hydroxyl groups excluding tert-OH is 1. The largest absolute Gasteiger partial charge is 0.481 e. The van der Waals surface area contributed by atoms with Crippen molar-refractivity contribution in [2.45, 2.75) is 25.5 Å². The van der Waals surface area contributed by atoms with Gasteiger partial charge in [-0.25, -0.2) is 23.9 Å². The second-order valence-electron chi connectivity index (χ2n) is 7.84. The number of fused-ring (bicyclic) bond motifs is 1. The quantitative estimate of drug-likeness (QED) is 0.448. The lowest BCUT2D eigenvalue weighted by atomic mass is 10.1. The van der Waals surface area contributed by atoms with Gasteiger partial charge in [0.2, 0.25) is 5.88 Å². The molecule has 1 unspecified atom stereocenters. The molecule has 174 valence electrons. The number of halogens is 1. The summed E-state index contributed by atoms with van der Waals surface area (Å²) in [6, 6.07) is 6.44. The second-order valence-corrected chi connectivity index (χ2v) is 7.84. The Morgan fingerprint density at radius 2 is 2.21 bits per heavy atom. The third-order valence-corrected chi connectivity index (χ3v) is 5.84. The van der Waals surface area contributed by atoms with E-state index >= 15 is 0 Å². The number of rotatable bonds is 6. The fourth-order valence-electron chi connectivity index (χ4n) is 4.25. The van der Waals surface area contributed by atoms with E-state index in [0.717, 1.165) is 19.0 Å². The van der Waals surface area contributed by atoms with Gasteiger partial charge < -0.3 is 20.1 Å². The average Bonchev–Trinajstić information content (AvgIpc) is 3.51. The lowest BCUT2D eigenvalue weighted by Gasteiger charge is -2.26. The monoisotopic (exact) mass is 463 g/mol. The highest BCUT2D eigenvalue weighted by atomic mass is 19.1. The average molecular weight is 463 g/mol. The van der Waals surface area contributed by atoms with E-state index in [0.29, 0.717) is 35.0 Å². The number of carbonyl (C=O) groups is 1. The first kappa shape index (κ1) is 21.7. The van der Waals surface area contributed by atoms with Gasteiger partial charge >= 0.3 is 0 Å². The molecule has 1 atom stereocenters. The van der Waals surface area contributed by atoms with E-state index in [1.807, 2.05) is 6.07 Å². The predicted octanol–water partition coefficient (Wildman–Crippen LogP) is 2.75. The first-order valence-electron chi connectivity index (χ1n) is 10.8. The van der Waals surface area contributed by atoms with Crippen molar-refractivity contribution in [3.63, 3.8) is 0 Å². The molecule has 5 rings (SSSR count). The van der Waals surface area contributed by atoms with Crippen LogP contribution in [-0.2, 0) is 6.61 Å². The van der Waals surface area contributed by atoms with Crippen LogP contribution < -0.4 is 15.0 Å². The maximum absolute atomic E-state index is 14.0. The number of ether oxygens (including phenoxy) is 1. The number of amides is 1. The highest BCUT2D eigenvalue weighted by molar-refractivity contribution is 6.08. The number of pyridine rings is 2. The molecular formula is C23H22FN7O3. The van der Waals surface area contributed by atoms with E-state index in [1.54, 1.807) is 18.3 Å². The summed E-state index contributed by atoms with van der Waals surface area (Å²) in [5.74, 6) is 0.402. The molecular weight excluding hydrogens is 441 g/mol. The number of anilines is 2. The van der Waals surface area contributed by atoms with Crippen LogP contribution in [0.5, 0.6) is 5.88 Å². The Bertz CT molecular complexity index is 1360. The first-order valence-corrected chi connectivity index (χ1v) is 10.8. The van der Waals surface area contributed by atoms with Gasteiger partial charge in [0.25, 0.3) is 5.91 Å². The smallest absolute Gasteiger partial charge is 0.262 e. The Kier molecular flexibility index (Phi) is 5.76. The normalized spacial score (nSPS) is 15.6. The molecule has 4 aromatic heterocycles. The number of methoxy groups -OCH3 is 1. The van der Waals surface area contributed by atoms with E-state index in [2.05, 4.69) is 25.3 Å². The fourth-order valence-corrected chi connectivity index (χ4v) is 4.25. The van der Waals surface area contributed by atoms with Crippen LogP contribution in [0, 0.1) is 5.82 Å². The van der Waals surface area contributed by atoms with Gasteiger partial charge in [-0.3, -0.25) is 4.79 Å².